The first-order valence-electron chi connectivity index (χ1n) is 5.22. The number of halogens is 2. The van der Waals surface area contributed by atoms with Gasteiger partial charge in [0.05, 0.1) is 4.92 Å². The fourth-order valence-corrected chi connectivity index (χ4v) is 1.79. The first kappa shape index (κ1) is 13.4. The molecule has 5 nitrogen and oxygen atoms in total. The maximum Gasteiger partial charge on any atom is 0.311 e. The van der Waals surface area contributed by atoms with Gasteiger partial charge in [0.15, 0.2) is 5.82 Å². The molecule has 2 aromatic rings. The predicted octanol–water partition coefficient (Wildman–Crippen LogP) is 3.99. The zero-order valence-electron chi connectivity index (χ0n) is 9.76. The molecule has 0 aliphatic heterocycles. The first-order chi connectivity index (χ1) is 8.99. The van der Waals surface area contributed by atoms with Crippen LogP contribution in [0.5, 0.6) is 11.6 Å². The van der Waals surface area contributed by atoms with Crippen LogP contribution in [0.3, 0.4) is 0 Å². The third-order valence-corrected chi connectivity index (χ3v) is 2.79. The first-order valence-corrected chi connectivity index (χ1v) is 6.01. The Balaban J connectivity index is 2.46. The number of benzene rings is 1. The fraction of sp³-hybridized carbons (Fsp3) is 0.0833. The van der Waals surface area contributed by atoms with E-state index in [4.69, 9.17) is 4.74 Å². The Kier molecular flexibility index (Phi) is 3.75. The molecule has 19 heavy (non-hydrogen) atoms. The Morgan fingerprint density at radius 1 is 1.47 bits per heavy atom. The SMILES string of the molecule is Cc1cccc([N+](=O)[O-])c1Oc1ncc(Br)cc1F. The molecule has 0 aliphatic carbocycles. The van der Waals surface area contributed by atoms with Crippen LogP contribution in [0.25, 0.3) is 0 Å². The minimum Gasteiger partial charge on any atom is -0.429 e. The summed E-state index contributed by atoms with van der Waals surface area (Å²) in [7, 11) is 0. The van der Waals surface area contributed by atoms with Crippen LogP contribution >= 0.6 is 15.9 Å². The number of rotatable bonds is 3. The molecular formula is C12H8BrFN2O3. The fourth-order valence-electron chi connectivity index (χ4n) is 1.49. The van der Waals surface area contributed by atoms with Crippen molar-refractivity contribution in [3.63, 3.8) is 0 Å². The van der Waals surface area contributed by atoms with E-state index in [1.54, 1.807) is 13.0 Å². The highest BCUT2D eigenvalue weighted by molar-refractivity contribution is 9.10. The molecule has 0 aliphatic rings. The summed E-state index contributed by atoms with van der Waals surface area (Å²) in [5, 5.41) is 10.9. The van der Waals surface area contributed by atoms with E-state index in [-0.39, 0.29) is 17.3 Å². The quantitative estimate of drug-likeness (QED) is 0.631. The van der Waals surface area contributed by atoms with Crippen molar-refractivity contribution in [1.29, 1.82) is 0 Å². The molecule has 1 aromatic heterocycles. The van der Waals surface area contributed by atoms with Crippen LogP contribution in [0, 0.1) is 22.9 Å². The number of aromatic nitrogens is 1. The normalized spacial score (nSPS) is 10.3. The highest BCUT2D eigenvalue weighted by Gasteiger charge is 2.19. The molecule has 0 radical (unpaired) electrons. The lowest BCUT2D eigenvalue weighted by molar-refractivity contribution is -0.385. The van der Waals surface area contributed by atoms with Crippen LogP contribution in [-0.2, 0) is 0 Å². The van der Waals surface area contributed by atoms with Crippen LogP contribution in [0.15, 0.2) is 34.9 Å². The molecule has 1 aromatic carbocycles. The summed E-state index contributed by atoms with van der Waals surface area (Å²) in [5.74, 6) is -1.02. The van der Waals surface area contributed by atoms with Crippen LogP contribution in [0.2, 0.25) is 0 Å². The summed E-state index contributed by atoms with van der Waals surface area (Å²) in [4.78, 5) is 14.1. The molecule has 0 bridgehead atoms. The second-order valence-electron chi connectivity index (χ2n) is 3.72. The zero-order valence-corrected chi connectivity index (χ0v) is 11.3. The molecule has 0 unspecified atom stereocenters. The minimum atomic E-state index is -0.702. The van der Waals surface area contributed by atoms with Crippen molar-refractivity contribution in [3.05, 3.63) is 56.4 Å². The average molecular weight is 327 g/mol. The number of hydrogen-bond donors (Lipinski definition) is 0. The third kappa shape index (κ3) is 2.87. The number of hydrogen-bond acceptors (Lipinski definition) is 4. The highest BCUT2D eigenvalue weighted by atomic mass is 79.9. The maximum absolute atomic E-state index is 13.6. The van der Waals surface area contributed by atoms with Crippen LogP contribution in [-0.4, -0.2) is 9.91 Å². The number of pyridine rings is 1. The second kappa shape index (κ2) is 5.31. The number of aryl methyl sites for hydroxylation is 1. The van der Waals surface area contributed by atoms with Crippen molar-refractivity contribution in [2.45, 2.75) is 6.92 Å². The van der Waals surface area contributed by atoms with Crippen LogP contribution in [0.4, 0.5) is 10.1 Å². The molecule has 0 N–H and O–H groups in total. The molecule has 2 rings (SSSR count). The number of nitro benzene ring substituents is 1. The van der Waals surface area contributed by atoms with Gasteiger partial charge in [0, 0.05) is 16.7 Å². The van der Waals surface area contributed by atoms with Crippen molar-refractivity contribution in [1.82, 2.24) is 4.98 Å². The predicted molar refractivity (Wildman–Crippen MR) is 69.8 cm³/mol. The van der Waals surface area contributed by atoms with E-state index < -0.39 is 10.7 Å². The topological polar surface area (TPSA) is 65.3 Å². The minimum absolute atomic E-state index is 0.0128. The second-order valence-corrected chi connectivity index (χ2v) is 4.64. The summed E-state index contributed by atoms with van der Waals surface area (Å²) >= 11 is 3.07. The molecular weight excluding hydrogens is 319 g/mol. The van der Waals surface area contributed by atoms with Gasteiger partial charge in [-0.2, -0.15) is 0 Å². The van der Waals surface area contributed by atoms with Crippen LogP contribution in [0.1, 0.15) is 5.56 Å². The Labute approximate surface area is 116 Å². The van der Waals surface area contributed by atoms with Gasteiger partial charge in [-0.15, -0.1) is 0 Å². The number of ether oxygens (including phenoxy) is 1. The molecule has 0 amide bonds. The lowest BCUT2D eigenvalue weighted by atomic mass is 10.2. The van der Waals surface area contributed by atoms with E-state index in [1.807, 2.05) is 0 Å². The van der Waals surface area contributed by atoms with Crippen molar-refractivity contribution >= 4 is 21.6 Å². The van der Waals surface area contributed by atoms with Gasteiger partial charge in [-0.05, 0) is 34.5 Å². The summed E-state index contributed by atoms with van der Waals surface area (Å²) < 4.78 is 19.3. The summed E-state index contributed by atoms with van der Waals surface area (Å²) in [6.07, 6.45) is 1.35. The Morgan fingerprint density at radius 3 is 2.84 bits per heavy atom. The maximum atomic E-state index is 13.6. The van der Waals surface area contributed by atoms with Gasteiger partial charge < -0.3 is 4.74 Å². The monoisotopic (exact) mass is 326 g/mol. The van der Waals surface area contributed by atoms with E-state index in [0.29, 0.717) is 10.0 Å². The lowest BCUT2D eigenvalue weighted by Gasteiger charge is -2.08. The van der Waals surface area contributed by atoms with E-state index in [2.05, 4.69) is 20.9 Å². The molecule has 1 heterocycles. The van der Waals surface area contributed by atoms with Gasteiger partial charge in [-0.1, -0.05) is 12.1 Å². The molecule has 0 saturated heterocycles. The van der Waals surface area contributed by atoms with Gasteiger partial charge in [0.1, 0.15) is 0 Å². The van der Waals surface area contributed by atoms with Crippen LogP contribution < -0.4 is 4.74 Å². The Morgan fingerprint density at radius 2 is 2.21 bits per heavy atom. The Bertz CT molecular complexity index is 649. The molecule has 0 saturated carbocycles. The van der Waals surface area contributed by atoms with Crippen molar-refractivity contribution in [3.8, 4) is 11.6 Å². The van der Waals surface area contributed by atoms with E-state index in [1.165, 1.54) is 24.4 Å². The Hall–Kier alpha value is -2.02. The zero-order chi connectivity index (χ0) is 14.0. The smallest absolute Gasteiger partial charge is 0.311 e. The van der Waals surface area contributed by atoms with E-state index in [0.717, 1.165) is 0 Å². The number of para-hydroxylation sites is 1. The summed E-state index contributed by atoms with van der Waals surface area (Å²) in [6.45, 7) is 1.64. The van der Waals surface area contributed by atoms with Crippen molar-refractivity contribution in [2.75, 3.05) is 0 Å². The third-order valence-electron chi connectivity index (χ3n) is 2.36. The molecule has 0 atom stereocenters. The van der Waals surface area contributed by atoms with E-state index in [9.17, 15) is 14.5 Å². The van der Waals surface area contributed by atoms with Gasteiger partial charge in [0.2, 0.25) is 5.75 Å². The van der Waals surface area contributed by atoms with Crippen molar-refractivity contribution in [2.24, 2.45) is 0 Å². The summed E-state index contributed by atoms with van der Waals surface area (Å²) in [6, 6.07) is 5.64. The van der Waals surface area contributed by atoms with Gasteiger partial charge in [-0.3, -0.25) is 10.1 Å². The number of nitrogens with zero attached hydrogens (tertiary/aromatic N) is 2. The number of nitro groups is 1. The largest absolute Gasteiger partial charge is 0.429 e. The molecule has 0 fully saturated rings. The van der Waals surface area contributed by atoms with Gasteiger partial charge in [-0.25, -0.2) is 9.37 Å². The molecule has 0 spiro atoms. The van der Waals surface area contributed by atoms with Gasteiger partial charge >= 0.3 is 5.69 Å². The highest BCUT2D eigenvalue weighted by Crippen LogP contribution is 2.34. The lowest BCUT2D eigenvalue weighted by Crippen LogP contribution is -1.98. The standard InChI is InChI=1S/C12H8BrFN2O3/c1-7-3-2-4-10(16(17)18)11(7)19-12-9(14)5-8(13)6-15-12/h2-6H,1H3. The summed E-state index contributed by atoms with van der Waals surface area (Å²) in [5.41, 5.74) is 0.294. The van der Waals surface area contributed by atoms with Crippen molar-refractivity contribution < 1.29 is 14.1 Å². The van der Waals surface area contributed by atoms with E-state index >= 15 is 0 Å². The average Bonchev–Trinajstić information content (AvgIpc) is 2.34. The molecule has 98 valence electrons. The van der Waals surface area contributed by atoms with Gasteiger partial charge in [0.25, 0.3) is 5.88 Å². The molecule has 7 heteroatoms.